The zero-order valence-corrected chi connectivity index (χ0v) is 16.5. The smallest absolute Gasteiger partial charge is 0.276 e. The van der Waals surface area contributed by atoms with E-state index < -0.39 is 15.7 Å². The van der Waals surface area contributed by atoms with Crippen LogP contribution in [0.4, 0.5) is 5.69 Å². The summed E-state index contributed by atoms with van der Waals surface area (Å²) in [5.41, 5.74) is 1.63. The SMILES string of the molecule is CC(=O)c1cccc(NC(=O)c2cc(-c3ccco3)n(C3CCS(=O)(=O)C3)n2)c1. The number of nitrogens with zero attached hydrogens (tertiary/aromatic N) is 2. The number of rotatable bonds is 5. The number of hydrogen-bond donors (Lipinski definition) is 1. The molecule has 1 atom stereocenters. The number of nitrogens with one attached hydrogen (secondary N) is 1. The number of carbonyl (C=O) groups excluding carboxylic acids is 2. The summed E-state index contributed by atoms with van der Waals surface area (Å²) in [5, 5.41) is 7.11. The fourth-order valence-corrected chi connectivity index (χ4v) is 5.06. The molecule has 0 radical (unpaired) electrons. The number of benzene rings is 1. The first kappa shape index (κ1) is 19.1. The molecule has 150 valence electrons. The van der Waals surface area contributed by atoms with Crippen LogP contribution in [0.15, 0.2) is 53.1 Å². The molecular weight excluding hydrogens is 394 g/mol. The number of ketones is 1. The van der Waals surface area contributed by atoms with E-state index in [2.05, 4.69) is 10.4 Å². The molecule has 1 fully saturated rings. The molecule has 1 aliphatic rings. The molecule has 0 aliphatic carbocycles. The predicted molar refractivity (Wildman–Crippen MR) is 107 cm³/mol. The van der Waals surface area contributed by atoms with Crippen molar-refractivity contribution in [2.45, 2.75) is 19.4 Å². The van der Waals surface area contributed by atoms with E-state index in [-0.39, 0.29) is 29.0 Å². The Bertz CT molecular complexity index is 1180. The summed E-state index contributed by atoms with van der Waals surface area (Å²) in [7, 11) is -3.13. The Kier molecular flexibility index (Phi) is 4.83. The Morgan fingerprint density at radius 3 is 2.69 bits per heavy atom. The van der Waals surface area contributed by atoms with E-state index in [1.807, 2.05) is 0 Å². The minimum Gasteiger partial charge on any atom is -0.463 e. The summed E-state index contributed by atoms with van der Waals surface area (Å²) in [4.78, 5) is 24.3. The van der Waals surface area contributed by atoms with E-state index in [0.717, 1.165) is 0 Å². The first-order valence-electron chi connectivity index (χ1n) is 9.08. The average molecular weight is 413 g/mol. The van der Waals surface area contributed by atoms with Crippen LogP contribution < -0.4 is 5.32 Å². The van der Waals surface area contributed by atoms with Crippen LogP contribution in [0.1, 0.15) is 40.2 Å². The lowest BCUT2D eigenvalue weighted by molar-refractivity contribution is 0.100. The van der Waals surface area contributed by atoms with Gasteiger partial charge in [-0.2, -0.15) is 5.10 Å². The standard InChI is InChI=1S/C20H19N3O5S/c1-13(24)14-4-2-5-15(10-14)21-20(25)17-11-18(19-6-3-8-28-19)23(22-17)16-7-9-29(26,27)12-16/h2-6,8,10-11,16H,7,9,12H2,1H3,(H,21,25). The summed E-state index contributed by atoms with van der Waals surface area (Å²) in [6.07, 6.45) is 1.94. The van der Waals surface area contributed by atoms with Gasteiger partial charge in [0.05, 0.1) is 23.8 Å². The topological polar surface area (TPSA) is 111 Å². The molecule has 1 saturated heterocycles. The van der Waals surface area contributed by atoms with Crippen LogP contribution in [0, 0.1) is 0 Å². The molecule has 9 heteroatoms. The van der Waals surface area contributed by atoms with E-state index in [0.29, 0.717) is 29.1 Å². The molecule has 1 unspecified atom stereocenters. The van der Waals surface area contributed by atoms with Gasteiger partial charge in [0.15, 0.2) is 27.1 Å². The van der Waals surface area contributed by atoms with Crippen molar-refractivity contribution >= 4 is 27.2 Å². The second-order valence-corrected chi connectivity index (χ2v) is 9.21. The average Bonchev–Trinajstić information content (AvgIpc) is 3.40. The Balaban J connectivity index is 1.66. The van der Waals surface area contributed by atoms with Gasteiger partial charge in [-0.1, -0.05) is 12.1 Å². The van der Waals surface area contributed by atoms with Crippen molar-refractivity contribution in [3.63, 3.8) is 0 Å². The molecule has 3 heterocycles. The van der Waals surface area contributed by atoms with Gasteiger partial charge in [0.25, 0.3) is 5.91 Å². The highest BCUT2D eigenvalue weighted by atomic mass is 32.2. The number of Topliss-reactive ketones (excluding diaryl/α,β-unsaturated/α-hetero) is 1. The Morgan fingerprint density at radius 2 is 2.03 bits per heavy atom. The molecule has 1 N–H and O–H groups in total. The van der Waals surface area contributed by atoms with Crippen LogP contribution in [0.25, 0.3) is 11.5 Å². The summed E-state index contributed by atoms with van der Waals surface area (Å²) in [5.74, 6) is 0.00366. The molecule has 1 aromatic carbocycles. The first-order valence-corrected chi connectivity index (χ1v) is 10.9. The molecule has 1 amide bonds. The molecule has 0 spiro atoms. The number of hydrogen-bond acceptors (Lipinski definition) is 6. The maximum absolute atomic E-state index is 12.8. The monoisotopic (exact) mass is 413 g/mol. The Labute approximate surface area is 167 Å². The fraction of sp³-hybridized carbons (Fsp3) is 0.250. The third-order valence-corrected chi connectivity index (χ3v) is 6.57. The van der Waals surface area contributed by atoms with Crippen molar-refractivity contribution in [2.24, 2.45) is 0 Å². The number of carbonyl (C=O) groups is 2. The van der Waals surface area contributed by atoms with Crippen molar-refractivity contribution in [2.75, 3.05) is 16.8 Å². The van der Waals surface area contributed by atoms with E-state index in [4.69, 9.17) is 4.42 Å². The van der Waals surface area contributed by atoms with Crippen LogP contribution in [0.2, 0.25) is 0 Å². The van der Waals surface area contributed by atoms with Crippen molar-refractivity contribution in [1.82, 2.24) is 9.78 Å². The summed E-state index contributed by atoms with van der Waals surface area (Å²) < 4.78 is 30.8. The normalized spacial score (nSPS) is 17.9. The van der Waals surface area contributed by atoms with Crippen LogP contribution in [0.5, 0.6) is 0 Å². The largest absolute Gasteiger partial charge is 0.463 e. The summed E-state index contributed by atoms with van der Waals surface area (Å²) in [6.45, 7) is 1.45. The maximum atomic E-state index is 12.8. The molecule has 0 saturated carbocycles. The molecular formula is C20H19N3O5S. The minimum atomic E-state index is -3.13. The second-order valence-electron chi connectivity index (χ2n) is 6.98. The van der Waals surface area contributed by atoms with Crippen molar-refractivity contribution in [3.8, 4) is 11.5 Å². The molecule has 1 aliphatic heterocycles. The molecule has 8 nitrogen and oxygen atoms in total. The maximum Gasteiger partial charge on any atom is 0.276 e. The minimum absolute atomic E-state index is 0.0237. The summed E-state index contributed by atoms with van der Waals surface area (Å²) >= 11 is 0. The van der Waals surface area contributed by atoms with Gasteiger partial charge in [0.2, 0.25) is 0 Å². The van der Waals surface area contributed by atoms with E-state index >= 15 is 0 Å². The third kappa shape index (κ3) is 4.00. The van der Waals surface area contributed by atoms with Gasteiger partial charge in [-0.25, -0.2) is 8.42 Å². The Hall–Kier alpha value is -3.20. The van der Waals surface area contributed by atoms with E-state index in [1.165, 1.54) is 13.2 Å². The van der Waals surface area contributed by atoms with Crippen LogP contribution in [0.3, 0.4) is 0 Å². The molecule has 4 rings (SSSR count). The zero-order chi connectivity index (χ0) is 20.6. The first-order chi connectivity index (χ1) is 13.8. The van der Waals surface area contributed by atoms with Crippen LogP contribution in [-0.2, 0) is 9.84 Å². The Morgan fingerprint density at radius 1 is 1.21 bits per heavy atom. The summed E-state index contributed by atoms with van der Waals surface area (Å²) in [6, 6.07) is 11.3. The van der Waals surface area contributed by atoms with Gasteiger partial charge in [-0.05, 0) is 37.6 Å². The van der Waals surface area contributed by atoms with Gasteiger partial charge in [0.1, 0.15) is 5.69 Å². The highest BCUT2D eigenvalue weighted by Gasteiger charge is 2.32. The van der Waals surface area contributed by atoms with E-state index in [9.17, 15) is 18.0 Å². The number of furan rings is 1. The van der Waals surface area contributed by atoms with Crippen LogP contribution >= 0.6 is 0 Å². The van der Waals surface area contributed by atoms with Crippen molar-refractivity contribution in [3.05, 3.63) is 60.0 Å². The zero-order valence-electron chi connectivity index (χ0n) is 15.7. The van der Waals surface area contributed by atoms with E-state index in [1.54, 1.807) is 47.1 Å². The fourth-order valence-electron chi connectivity index (χ4n) is 3.37. The lowest BCUT2D eigenvalue weighted by Gasteiger charge is -2.11. The molecule has 2 aromatic heterocycles. The van der Waals surface area contributed by atoms with Gasteiger partial charge >= 0.3 is 0 Å². The highest BCUT2D eigenvalue weighted by Crippen LogP contribution is 2.30. The van der Waals surface area contributed by atoms with Crippen LogP contribution in [-0.4, -0.2) is 41.4 Å². The molecule has 0 bridgehead atoms. The van der Waals surface area contributed by atoms with Gasteiger partial charge in [-0.3, -0.25) is 14.3 Å². The highest BCUT2D eigenvalue weighted by molar-refractivity contribution is 7.91. The van der Waals surface area contributed by atoms with Crippen molar-refractivity contribution < 1.29 is 22.4 Å². The van der Waals surface area contributed by atoms with Gasteiger partial charge in [0, 0.05) is 17.3 Å². The second kappa shape index (κ2) is 7.32. The molecule has 29 heavy (non-hydrogen) atoms. The lowest BCUT2D eigenvalue weighted by atomic mass is 10.1. The lowest BCUT2D eigenvalue weighted by Crippen LogP contribution is -2.16. The third-order valence-electron chi connectivity index (χ3n) is 4.82. The van der Waals surface area contributed by atoms with Gasteiger partial charge < -0.3 is 9.73 Å². The number of sulfone groups is 1. The predicted octanol–water partition coefficient (Wildman–Crippen LogP) is 2.96. The van der Waals surface area contributed by atoms with Crippen molar-refractivity contribution in [1.29, 1.82) is 0 Å². The number of anilines is 1. The quantitative estimate of drug-likeness (QED) is 0.644. The number of amides is 1. The molecule has 3 aromatic rings. The number of aromatic nitrogens is 2. The van der Waals surface area contributed by atoms with Gasteiger partial charge in [-0.15, -0.1) is 0 Å².